The Morgan fingerprint density at radius 3 is 1.70 bits per heavy atom. The molecule has 0 amide bonds. The molecule has 2 rings (SSSR count). The number of carbonyl (C=O) groups excluding carboxylic acids is 3. The smallest absolute Gasteiger partial charge is 0.347 e. The van der Waals surface area contributed by atoms with Crippen LogP contribution in [0.2, 0.25) is 0 Å². The zero-order valence-electron chi connectivity index (χ0n) is 24.4. The normalized spacial score (nSPS) is 24.6. The summed E-state index contributed by atoms with van der Waals surface area (Å²) in [5.74, 6) is -0.272. The topological polar surface area (TPSA) is 78.9 Å². The number of ether oxygens (including phenoxy) is 3. The second-order valence-electron chi connectivity index (χ2n) is 12.3. The molecule has 2 aliphatic carbocycles. The van der Waals surface area contributed by atoms with Crippen LogP contribution in [0.4, 0.5) is 0 Å². The van der Waals surface area contributed by atoms with Crippen LogP contribution in [-0.2, 0) is 28.6 Å². The Hall–Kier alpha value is -1.59. The van der Waals surface area contributed by atoms with Crippen molar-refractivity contribution in [3.63, 3.8) is 0 Å². The molecule has 37 heavy (non-hydrogen) atoms. The Balaban J connectivity index is 1.52. The number of rotatable bonds is 19. The Morgan fingerprint density at radius 2 is 1.27 bits per heavy atom. The molecular formula is C31H54O6. The number of fused-ring (bicyclic) bond motifs is 2. The fourth-order valence-electron chi connectivity index (χ4n) is 6.78. The third kappa shape index (κ3) is 8.99. The van der Waals surface area contributed by atoms with E-state index in [1.807, 2.05) is 0 Å². The van der Waals surface area contributed by atoms with Crippen molar-refractivity contribution in [1.82, 2.24) is 0 Å². The first-order chi connectivity index (χ1) is 17.7. The van der Waals surface area contributed by atoms with Crippen LogP contribution in [0.3, 0.4) is 0 Å². The minimum Gasteiger partial charge on any atom is -0.469 e. The maximum atomic E-state index is 13.1. The number of hydrogen-bond acceptors (Lipinski definition) is 6. The van der Waals surface area contributed by atoms with Crippen LogP contribution < -0.4 is 0 Å². The number of unbranched alkanes of at least 4 members (excludes halogenated alkanes) is 12. The van der Waals surface area contributed by atoms with Gasteiger partial charge in [0.15, 0.2) is 6.10 Å². The van der Waals surface area contributed by atoms with Gasteiger partial charge in [-0.2, -0.15) is 0 Å². The predicted molar refractivity (Wildman–Crippen MR) is 146 cm³/mol. The molecule has 2 fully saturated rings. The largest absolute Gasteiger partial charge is 0.469 e. The third-order valence-electron chi connectivity index (χ3n) is 9.88. The monoisotopic (exact) mass is 522 g/mol. The molecule has 4 unspecified atom stereocenters. The van der Waals surface area contributed by atoms with Crippen LogP contribution in [0.1, 0.15) is 136 Å². The summed E-state index contributed by atoms with van der Waals surface area (Å²) in [6, 6.07) is 0. The highest BCUT2D eigenvalue weighted by Crippen LogP contribution is 2.68. The van der Waals surface area contributed by atoms with E-state index in [0.717, 1.165) is 44.9 Å². The quantitative estimate of drug-likeness (QED) is 0.0989. The molecule has 0 aromatic rings. The second kappa shape index (κ2) is 15.7. The van der Waals surface area contributed by atoms with Crippen molar-refractivity contribution in [1.29, 1.82) is 0 Å². The van der Waals surface area contributed by atoms with Crippen LogP contribution in [0.25, 0.3) is 0 Å². The molecule has 0 aliphatic heterocycles. The van der Waals surface area contributed by atoms with E-state index in [0.29, 0.717) is 18.8 Å². The molecule has 214 valence electrons. The fraction of sp³-hybridized carbons (Fsp3) is 0.903. The van der Waals surface area contributed by atoms with Crippen molar-refractivity contribution in [2.45, 2.75) is 142 Å². The first kappa shape index (κ1) is 31.6. The molecule has 2 saturated carbocycles. The molecule has 0 saturated heterocycles. The Labute approximate surface area is 226 Å². The van der Waals surface area contributed by atoms with Crippen molar-refractivity contribution in [2.24, 2.45) is 22.7 Å². The van der Waals surface area contributed by atoms with Gasteiger partial charge in [0.05, 0.1) is 20.1 Å². The highest BCUT2D eigenvalue weighted by Gasteiger charge is 2.63. The van der Waals surface area contributed by atoms with Gasteiger partial charge < -0.3 is 14.2 Å². The zero-order valence-corrected chi connectivity index (χ0v) is 24.4. The van der Waals surface area contributed by atoms with Crippen LogP contribution in [-0.4, -0.2) is 38.2 Å². The summed E-state index contributed by atoms with van der Waals surface area (Å²) in [4.78, 5) is 36.5. The number of esters is 3. The highest BCUT2D eigenvalue weighted by molar-refractivity contribution is 5.81. The van der Waals surface area contributed by atoms with Crippen LogP contribution in [0, 0.1) is 22.7 Å². The SMILES string of the molecule is COC(=O)CCCCCCCCCCCCCCCC(OC(=O)C1CC2CCC1(C)C2(C)C)C(=O)OC. The van der Waals surface area contributed by atoms with Crippen molar-refractivity contribution < 1.29 is 28.6 Å². The highest BCUT2D eigenvalue weighted by atomic mass is 16.6. The summed E-state index contributed by atoms with van der Waals surface area (Å²) in [5, 5.41) is 0. The lowest BCUT2D eigenvalue weighted by Crippen LogP contribution is -2.39. The van der Waals surface area contributed by atoms with Crippen molar-refractivity contribution in [3.05, 3.63) is 0 Å². The summed E-state index contributed by atoms with van der Waals surface area (Å²) in [7, 11) is 2.82. The van der Waals surface area contributed by atoms with Gasteiger partial charge >= 0.3 is 17.9 Å². The average molecular weight is 523 g/mol. The van der Waals surface area contributed by atoms with E-state index in [1.54, 1.807) is 0 Å². The molecule has 6 heteroatoms. The lowest BCUT2D eigenvalue weighted by molar-refractivity contribution is -0.172. The molecule has 4 atom stereocenters. The first-order valence-electron chi connectivity index (χ1n) is 15.0. The molecule has 0 spiro atoms. The van der Waals surface area contributed by atoms with Gasteiger partial charge in [0.1, 0.15) is 0 Å². The number of methoxy groups -OCH3 is 2. The molecular weight excluding hydrogens is 468 g/mol. The van der Waals surface area contributed by atoms with E-state index in [1.165, 1.54) is 72.0 Å². The molecule has 0 heterocycles. The molecule has 0 N–H and O–H groups in total. The molecule has 6 nitrogen and oxygen atoms in total. The number of carbonyl (C=O) groups is 3. The first-order valence-corrected chi connectivity index (χ1v) is 15.0. The number of hydrogen-bond donors (Lipinski definition) is 0. The van der Waals surface area contributed by atoms with E-state index in [9.17, 15) is 14.4 Å². The Morgan fingerprint density at radius 1 is 0.757 bits per heavy atom. The van der Waals surface area contributed by atoms with Gasteiger partial charge in [-0.3, -0.25) is 9.59 Å². The van der Waals surface area contributed by atoms with Gasteiger partial charge in [-0.1, -0.05) is 91.4 Å². The molecule has 0 aromatic heterocycles. The van der Waals surface area contributed by atoms with E-state index >= 15 is 0 Å². The van der Waals surface area contributed by atoms with E-state index in [-0.39, 0.29) is 28.7 Å². The van der Waals surface area contributed by atoms with Gasteiger partial charge in [-0.25, -0.2) is 4.79 Å². The summed E-state index contributed by atoms with van der Waals surface area (Å²) < 4.78 is 15.4. The van der Waals surface area contributed by atoms with Crippen LogP contribution in [0.5, 0.6) is 0 Å². The standard InChI is InChI=1S/C31H54O6/c1-30(2)24-21-22-31(30,3)25(23-24)28(33)37-26(29(34)36-5)19-17-15-13-11-9-7-6-8-10-12-14-16-18-20-27(32)35-4/h24-26H,6-23H2,1-5H3. The van der Waals surface area contributed by atoms with Crippen molar-refractivity contribution in [2.75, 3.05) is 14.2 Å². The average Bonchev–Trinajstić information content (AvgIpc) is 3.23. The molecule has 2 aliphatic rings. The maximum Gasteiger partial charge on any atom is 0.347 e. The van der Waals surface area contributed by atoms with Gasteiger partial charge in [0.2, 0.25) is 0 Å². The summed E-state index contributed by atoms with van der Waals surface area (Å²) in [5.41, 5.74) is 0.103. The van der Waals surface area contributed by atoms with E-state index < -0.39 is 12.1 Å². The lowest BCUT2D eigenvalue weighted by Gasteiger charge is -2.38. The molecule has 0 aromatic carbocycles. The summed E-state index contributed by atoms with van der Waals surface area (Å²) in [6.07, 6.45) is 18.7. The van der Waals surface area contributed by atoms with Crippen molar-refractivity contribution >= 4 is 17.9 Å². The van der Waals surface area contributed by atoms with Gasteiger partial charge in [0, 0.05) is 6.42 Å². The van der Waals surface area contributed by atoms with Crippen molar-refractivity contribution in [3.8, 4) is 0 Å². The zero-order chi connectivity index (χ0) is 27.3. The Kier molecular flexibility index (Phi) is 13.4. The fourth-order valence-corrected chi connectivity index (χ4v) is 6.78. The minimum atomic E-state index is -0.774. The lowest BCUT2D eigenvalue weighted by atomic mass is 9.67. The van der Waals surface area contributed by atoms with Crippen LogP contribution in [0.15, 0.2) is 0 Å². The Bertz CT molecular complexity index is 716. The minimum absolute atomic E-state index is 0.0405. The molecule has 2 bridgehead atoms. The maximum absolute atomic E-state index is 13.1. The van der Waals surface area contributed by atoms with Gasteiger partial charge in [0.25, 0.3) is 0 Å². The van der Waals surface area contributed by atoms with Gasteiger partial charge in [-0.05, 0) is 55.3 Å². The predicted octanol–water partition coefficient (Wildman–Crippen LogP) is 7.56. The van der Waals surface area contributed by atoms with E-state index in [4.69, 9.17) is 9.47 Å². The molecule has 0 radical (unpaired) electrons. The summed E-state index contributed by atoms with van der Waals surface area (Å²) >= 11 is 0. The van der Waals surface area contributed by atoms with Crippen LogP contribution >= 0.6 is 0 Å². The van der Waals surface area contributed by atoms with E-state index in [2.05, 4.69) is 25.5 Å². The second-order valence-corrected chi connectivity index (χ2v) is 12.3. The van der Waals surface area contributed by atoms with Gasteiger partial charge in [-0.15, -0.1) is 0 Å². The third-order valence-corrected chi connectivity index (χ3v) is 9.88. The summed E-state index contributed by atoms with van der Waals surface area (Å²) in [6.45, 7) is 6.80.